The molecule has 0 aromatic carbocycles. The molecule has 4 nitrogen and oxygen atoms in total. The summed E-state index contributed by atoms with van der Waals surface area (Å²) >= 11 is 3.65. The van der Waals surface area contributed by atoms with Gasteiger partial charge in [-0.05, 0) is 25.2 Å². The molecule has 0 fully saturated rings. The fourth-order valence-corrected chi connectivity index (χ4v) is 3.51. The number of hydrogen-bond donors (Lipinski definition) is 0. The zero-order valence-electron chi connectivity index (χ0n) is 13.7. The van der Waals surface area contributed by atoms with E-state index in [1.807, 2.05) is 11.9 Å². The summed E-state index contributed by atoms with van der Waals surface area (Å²) in [5, 5.41) is 5.30. The third kappa shape index (κ3) is 4.83. The molecule has 0 N–H and O–H groups in total. The second-order valence-corrected chi connectivity index (χ2v) is 6.42. The molecule has 5 heteroatoms. The maximum Gasteiger partial charge on any atom is 0.268 e. The Labute approximate surface area is 136 Å². The molecule has 0 saturated carbocycles. The topological polar surface area (TPSA) is 38.1 Å². The number of hydrogen-bond acceptors (Lipinski definition) is 3. The molecule has 0 spiro atoms. The Hall–Kier alpha value is -0.840. The number of anilines is 1. The highest BCUT2D eigenvalue weighted by molar-refractivity contribution is 9.09. The van der Waals surface area contributed by atoms with Gasteiger partial charge in [0.25, 0.3) is 5.56 Å². The Balaban J connectivity index is 3.01. The lowest BCUT2D eigenvalue weighted by molar-refractivity contribution is 0.218. The predicted molar refractivity (Wildman–Crippen MR) is 93.5 cm³/mol. The van der Waals surface area contributed by atoms with Gasteiger partial charge < -0.3 is 4.90 Å². The number of halogens is 1. The zero-order valence-corrected chi connectivity index (χ0v) is 15.3. The van der Waals surface area contributed by atoms with E-state index in [4.69, 9.17) is 0 Å². The van der Waals surface area contributed by atoms with Gasteiger partial charge in [-0.25, -0.2) is 4.68 Å². The number of alkyl halides is 1. The van der Waals surface area contributed by atoms with Crippen molar-refractivity contribution in [1.82, 2.24) is 9.78 Å². The molecular formula is C16H28BrN3O. The second kappa shape index (κ2) is 8.57. The average Bonchev–Trinajstić information content (AvgIpc) is 2.48. The van der Waals surface area contributed by atoms with Gasteiger partial charge >= 0.3 is 0 Å². The van der Waals surface area contributed by atoms with Crippen LogP contribution < -0.4 is 10.5 Å². The summed E-state index contributed by atoms with van der Waals surface area (Å²) in [6, 6.07) is 1.69. The van der Waals surface area contributed by atoms with E-state index in [1.54, 1.807) is 16.9 Å². The van der Waals surface area contributed by atoms with Crippen molar-refractivity contribution in [3.05, 3.63) is 22.6 Å². The van der Waals surface area contributed by atoms with E-state index in [9.17, 15) is 4.79 Å². The highest BCUT2D eigenvalue weighted by Gasteiger charge is 2.28. The van der Waals surface area contributed by atoms with Gasteiger partial charge in [-0.15, -0.1) is 0 Å². The first-order valence-electron chi connectivity index (χ1n) is 7.86. The molecule has 0 atom stereocenters. The fraction of sp³-hybridized carbons (Fsp3) is 0.750. The van der Waals surface area contributed by atoms with E-state index in [-0.39, 0.29) is 11.0 Å². The molecule has 0 radical (unpaired) electrons. The van der Waals surface area contributed by atoms with Crippen LogP contribution in [0.3, 0.4) is 0 Å². The second-order valence-electron chi connectivity index (χ2n) is 5.86. The molecule has 0 amide bonds. The van der Waals surface area contributed by atoms with Gasteiger partial charge in [0.1, 0.15) is 0 Å². The van der Waals surface area contributed by atoms with Crippen LogP contribution >= 0.6 is 15.9 Å². The SMILES string of the molecule is CCCC(CBr)(CCC)Cn1ncc(N(C)CC)cc1=O. The van der Waals surface area contributed by atoms with Crippen molar-refractivity contribution in [2.24, 2.45) is 5.41 Å². The molecule has 0 unspecified atom stereocenters. The summed E-state index contributed by atoms with van der Waals surface area (Å²) in [4.78, 5) is 14.3. The molecule has 1 heterocycles. The van der Waals surface area contributed by atoms with Crippen LogP contribution in [0, 0.1) is 5.41 Å². The first-order valence-corrected chi connectivity index (χ1v) is 8.98. The van der Waals surface area contributed by atoms with Crippen molar-refractivity contribution in [3.63, 3.8) is 0 Å². The van der Waals surface area contributed by atoms with Gasteiger partial charge in [-0.1, -0.05) is 42.6 Å². The van der Waals surface area contributed by atoms with Crippen molar-refractivity contribution < 1.29 is 0 Å². The Kier molecular flexibility index (Phi) is 7.43. The quantitative estimate of drug-likeness (QED) is 0.632. The van der Waals surface area contributed by atoms with E-state index >= 15 is 0 Å². The smallest absolute Gasteiger partial charge is 0.268 e. The van der Waals surface area contributed by atoms with Gasteiger partial charge in [0, 0.05) is 25.0 Å². The van der Waals surface area contributed by atoms with Crippen LogP contribution in [0.4, 0.5) is 5.69 Å². The maximum atomic E-state index is 12.3. The third-order valence-corrected chi connectivity index (χ3v) is 5.29. The maximum absolute atomic E-state index is 12.3. The molecule has 0 aliphatic carbocycles. The predicted octanol–water partition coefficient (Wildman–Crippen LogP) is 3.68. The van der Waals surface area contributed by atoms with Crippen LogP contribution in [0.1, 0.15) is 46.5 Å². The van der Waals surface area contributed by atoms with Gasteiger partial charge in [0.05, 0.1) is 18.4 Å². The van der Waals surface area contributed by atoms with Gasteiger partial charge in [-0.3, -0.25) is 4.79 Å². The van der Waals surface area contributed by atoms with Gasteiger partial charge in [0.2, 0.25) is 0 Å². The van der Waals surface area contributed by atoms with Crippen molar-refractivity contribution in [3.8, 4) is 0 Å². The first-order chi connectivity index (χ1) is 10.0. The Morgan fingerprint density at radius 1 is 1.29 bits per heavy atom. The molecule has 1 aromatic rings. The van der Waals surface area contributed by atoms with Gasteiger partial charge in [-0.2, -0.15) is 5.10 Å². The standard InChI is InChI=1S/C16H28BrN3O/c1-5-8-16(12-17,9-6-2)13-20-15(21)10-14(11-18-20)19(4)7-3/h10-11H,5-9,12-13H2,1-4H3. The summed E-state index contributed by atoms with van der Waals surface area (Å²) in [5.41, 5.74) is 0.998. The minimum Gasteiger partial charge on any atom is -0.373 e. The van der Waals surface area contributed by atoms with Crippen LogP contribution in [0.5, 0.6) is 0 Å². The minimum absolute atomic E-state index is 0.00895. The summed E-state index contributed by atoms with van der Waals surface area (Å²) in [6.45, 7) is 8.01. The number of nitrogens with zero attached hydrogens (tertiary/aromatic N) is 3. The fourth-order valence-electron chi connectivity index (χ4n) is 2.77. The van der Waals surface area contributed by atoms with Crippen molar-refractivity contribution in [1.29, 1.82) is 0 Å². The third-order valence-electron chi connectivity index (χ3n) is 4.10. The summed E-state index contributed by atoms with van der Waals surface area (Å²) in [5.74, 6) is 0. The number of aromatic nitrogens is 2. The van der Waals surface area contributed by atoms with Crippen molar-refractivity contribution in [2.45, 2.75) is 53.0 Å². The lowest BCUT2D eigenvalue weighted by Gasteiger charge is -2.31. The lowest BCUT2D eigenvalue weighted by Crippen LogP contribution is -2.35. The van der Waals surface area contributed by atoms with Crippen molar-refractivity contribution >= 4 is 21.6 Å². The molecule has 120 valence electrons. The average molecular weight is 358 g/mol. The highest BCUT2D eigenvalue weighted by atomic mass is 79.9. The molecule has 1 rings (SSSR count). The zero-order chi connectivity index (χ0) is 15.9. The molecule has 0 bridgehead atoms. The van der Waals surface area contributed by atoms with E-state index in [0.29, 0.717) is 6.54 Å². The molecule has 0 aliphatic rings. The van der Waals surface area contributed by atoms with Crippen LogP contribution in [-0.4, -0.2) is 28.7 Å². The van der Waals surface area contributed by atoms with Crippen LogP contribution in [0.2, 0.25) is 0 Å². The van der Waals surface area contributed by atoms with E-state index in [1.165, 1.54) is 0 Å². The molecule has 1 aromatic heterocycles. The molecule has 0 aliphatic heterocycles. The highest BCUT2D eigenvalue weighted by Crippen LogP contribution is 2.33. The summed E-state index contributed by atoms with van der Waals surface area (Å²) in [7, 11) is 1.97. The summed E-state index contributed by atoms with van der Waals surface area (Å²) in [6.07, 6.45) is 6.25. The van der Waals surface area contributed by atoms with Crippen LogP contribution in [-0.2, 0) is 6.54 Å². The van der Waals surface area contributed by atoms with Crippen LogP contribution in [0.25, 0.3) is 0 Å². The van der Waals surface area contributed by atoms with Gasteiger partial charge in [0.15, 0.2) is 0 Å². The largest absolute Gasteiger partial charge is 0.373 e. The lowest BCUT2D eigenvalue weighted by atomic mass is 9.81. The Bertz CT molecular complexity index is 481. The minimum atomic E-state index is -0.00895. The Morgan fingerprint density at radius 2 is 1.90 bits per heavy atom. The molecule has 21 heavy (non-hydrogen) atoms. The van der Waals surface area contributed by atoms with E-state index < -0.39 is 0 Å². The van der Waals surface area contributed by atoms with E-state index in [0.717, 1.165) is 43.2 Å². The first kappa shape index (κ1) is 18.2. The molecule has 0 saturated heterocycles. The number of rotatable bonds is 9. The normalized spacial score (nSPS) is 11.7. The van der Waals surface area contributed by atoms with E-state index in [2.05, 4.69) is 41.8 Å². The monoisotopic (exact) mass is 357 g/mol. The Morgan fingerprint density at radius 3 is 2.33 bits per heavy atom. The van der Waals surface area contributed by atoms with Crippen LogP contribution in [0.15, 0.2) is 17.1 Å². The summed E-state index contributed by atoms with van der Waals surface area (Å²) < 4.78 is 1.62. The van der Waals surface area contributed by atoms with Crippen molar-refractivity contribution in [2.75, 3.05) is 23.8 Å². The molecular weight excluding hydrogens is 330 g/mol.